The van der Waals surface area contributed by atoms with Crippen LogP contribution in [0.25, 0.3) is 0 Å². The van der Waals surface area contributed by atoms with Crippen molar-refractivity contribution in [1.29, 1.82) is 0 Å². The van der Waals surface area contributed by atoms with Crippen molar-refractivity contribution < 1.29 is 33.4 Å². The molecule has 0 spiro atoms. The molecule has 4 N–H and O–H groups in total. The summed E-state index contributed by atoms with van der Waals surface area (Å²) in [6.45, 7) is 0. The van der Waals surface area contributed by atoms with E-state index < -0.39 is 25.8 Å². The number of halogens is 2. The Hall–Kier alpha value is 0.840. The minimum Gasteiger partial charge on any atom is -0.370 e. The average molecular weight is 275 g/mol. The second-order valence-electron chi connectivity index (χ2n) is 1.87. The van der Waals surface area contributed by atoms with E-state index in [0.717, 1.165) is 0 Å². The number of aliphatic hydroxyl groups excluding tert-OH is 1. The molecule has 0 amide bonds. The summed E-state index contributed by atoms with van der Waals surface area (Å²) < 4.78 is 24.9. The lowest BCUT2D eigenvalue weighted by atomic mass is 11.7. The van der Waals surface area contributed by atoms with Gasteiger partial charge in [-0.05, 0) is 0 Å². The van der Waals surface area contributed by atoms with E-state index in [2.05, 4.69) is 4.52 Å². The van der Waals surface area contributed by atoms with Crippen LogP contribution in [0.15, 0.2) is 0 Å². The van der Waals surface area contributed by atoms with E-state index in [1.165, 1.54) is 0 Å². The Morgan fingerprint density at radius 2 is 1.54 bits per heavy atom. The van der Waals surface area contributed by atoms with Gasteiger partial charge in [0, 0.05) is 0 Å². The molecule has 2 unspecified atom stereocenters. The Bertz CT molecular complexity index is 259. The van der Waals surface area contributed by atoms with E-state index in [9.17, 15) is 9.13 Å². The maximum atomic E-state index is 10.8. The minimum atomic E-state index is -5.13. The number of hydrogen-bond acceptors (Lipinski definition) is 4. The molecule has 0 radical (unpaired) electrons. The van der Waals surface area contributed by atoms with Crippen molar-refractivity contribution in [2.75, 3.05) is 0 Å². The summed E-state index contributed by atoms with van der Waals surface area (Å²) in [5.74, 6) is 0. The van der Waals surface area contributed by atoms with Crippen LogP contribution in [0, 0.1) is 0 Å². The Balaban J connectivity index is 4.65. The minimum absolute atomic E-state index is 1.77. The van der Waals surface area contributed by atoms with Gasteiger partial charge in [0.05, 0.1) is 0 Å². The quantitative estimate of drug-likeness (QED) is 0.432. The Labute approximate surface area is 82.9 Å². The molecule has 0 fully saturated rings. The molecule has 0 aromatic heterocycles. The average Bonchev–Trinajstić information content (AvgIpc) is 1.80. The highest BCUT2D eigenvalue weighted by atomic mass is 35.5. The molecule has 13 heavy (non-hydrogen) atoms. The van der Waals surface area contributed by atoms with E-state index in [1.54, 1.807) is 0 Å². The molecule has 0 heterocycles. The lowest BCUT2D eigenvalue weighted by Crippen LogP contribution is -2.11. The predicted molar refractivity (Wildman–Crippen MR) is 44.5 cm³/mol. The second-order valence-corrected chi connectivity index (χ2v) is 6.78. The fourth-order valence-electron chi connectivity index (χ4n) is 0.359. The zero-order valence-electron chi connectivity index (χ0n) is 5.82. The maximum Gasteiger partial charge on any atom is 0.371 e. The summed E-state index contributed by atoms with van der Waals surface area (Å²) in [4.78, 5) is 25.3. The summed E-state index contributed by atoms with van der Waals surface area (Å²) in [7, 11) is -10.1. The van der Waals surface area contributed by atoms with Crippen molar-refractivity contribution in [1.82, 2.24) is 0 Å². The van der Waals surface area contributed by atoms with Gasteiger partial charge in [-0.1, -0.05) is 23.2 Å². The molecule has 0 aromatic carbocycles. The molecular weight excluding hydrogens is 269 g/mol. The Morgan fingerprint density at radius 3 is 1.77 bits per heavy atom. The van der Waals surface area contributed by atoms with Crippen molar-refractivity contribution in [3.63, 3.8) is 0 Å². The highest BCUT2D eigenvalue weighted by Gasteiger charge is 2.45. The number of aliphatic hydroxyl groups is 1. The van der Waals surface area contributed by atoms with Crippen LogP contribution in [0.2, 0.25) is 0 Å². The molecule has 0 rings (SSSR count). The zero-order valence-corrected chi connectivity index (χ0v) is 9.12. The van der Waals surface area contributed by atoms with Crippen molar-refractivity contribution in [3.8, 4) is 0 Å². The van der Waals surface area contributed by atoms with Crippen LogP contribution in [-0.4, -0.2) is 30.4 Å². The van der Waals surface area contributed by atoms with Gasteiger partial charge in [0.15, 0.2) is 0 Å². The SMILES string of the molecule is O=P(O)(O)C(O)P(=O)(O)OC(Cl)Cl. The molecule has 0 aliphatic carbocycles. The third-order valence-electron chi connectivity index (χ3n) is 0.823. The van der Waals surface area contributed by atoms with Crippen molar-refractivity contribution in [3.05, 3.63) is 0 Å². The van der Waals surface area contributed by atoms with Gasteiger partial charge >= 0.3 is 15.2 Å². The molecule has 0 aliphatic heterocycles. The molecule has 0 saturated carbocycles. The molecular formula is C2H6Cl2O7P2. The topological polar surface area (TPSA) is 124 Å². The molecule has 0 bridgehead atoms. The van der Waals surface area contributed by atoms with Gasteiger partial charge in [-0.25, -0.2) is 0 Å². The fraction of sp³-hybridized carbons (Fsp3) is 1.00. The van der Waals surface area contributed by atoms with Gasteiger partial charge in [0.25, 0.3) is 5.59 Å². The van der Waals surface area contributed by atoms with E-state index in [-0.39, 0.29) is 0 Å². The lowest BCUT2D eigenvalue weighted by Gasteiger charge is -2.18. The fourth-order valence-corrected chi connectivity index (χ4v) is 3.06. The number of rotatable bonds is 4. The number of hydrogen-bond donors (Lipinski definition) is 4. The molecule has 2 atom stereocenters. The van der Waals surface area contributed by atoms with Crippen LogP contribution in [0.3, 0.4) is 0 Å². The second kappa shape index (κ2) is 4.57. The van der Waals surface area contributed by atoms with E-state index in [0.29, 0.717) is 0 Å². The highest BCUT2D eigenvalue weighted by molar-refractivity contribution is 7.70. The molecule has 0 aliphatic rings. The summed E-state index contributed by atoms with van der Waals surface area (Å²) >= 11 is 9.81. The molecule has 11 heteroatoms. The van der Waals surface area contributed by atoms with Gasteiger partial charge in [0.2, 0.25) is 5.02 Å². The van der Waals surface area contributed by atoms with Crippen LogP contribution >= 0.6 is 38.4 Å². The van der Waals surface area contributed by atoms with Gasteiger partial charge in [0.1, 0.15) is 0 Å². The van der Waals surface area contributed by atoms with Gasteiger partial charge in [-0.3, -0.25) is 13.7 Å². The molecule has 0 saturated heterocycles. The van der Waals surface area contributed by atoms with Crippen LogP contribution in [0.5, 0.6) is 0 Å². The first-order chi connectivity index (χ1) is 5.57. The maximum absolute atomic E-state index is 10.8. The number of alkyl halides is 2. The summed E-state index contributed by atoms with van der Waals surface area (Å²) in [6, 6.07) is 0. The largest absolute Gasteiger partial charge is 0.371 e. The monoisotopic (exact) mass is 274 g/mol. The third kappa shape index (κ3) is 4.74. The smallest absolute Gasteiger partial charge is 0.370 e. The van der Waals surface area contributed by atoms with E-state index in [1.807, 2.05) is 0 Å². The zero-order chi connectivity index (χ0) is 10.9. The molecule has 7 nitrogen and oxygen atoms in total. The normalized spacial score (nSPS) is 19.9. The molecule has 80 valence electrons. The van der Waals surface area contributed by atoms with E-state index in [4.69, 9.17) is 43.0 Å². The third-order valence-corrected chi connectivity index (χ3v) is 4.73. The standard InChI is InChI=1S/C2H6Cl2O7P2/c3-1(4)11-13(9,10)2(5)12(6,7)8/h1-2,5H,(H,9,10)(H2,6,7,8). The molecule has 0 aromatic rings. The van der Waals surface area contributed by atoms with E-state index >= 15 is 0 Å². The first-order valence-corrected chi connectivity index (χ1v) is 6.80. The Morgan fingerprint density at radius 1 is 1.15 bits per heavy atom. The first-order valence-electron chi connectivity index (χ1n) is 2.59. The van der Waals surface area contributed by atoms with Gasteiger partial charge in [-0.15, -0.1) is 0 Å². The van der Waals surface area contributed by atoms with Crippen molar-refractivity contribution in [2.24, 2.45) is 0 Å². The van der Waals surface area contributed by atoms with Crippen LogP contribution in [-0.2, 0) is 13.7 Å². The Kier molecular flexibility index (Phi) is 4.87. The predicted octanol–water partition coefficient (Wildman–Crippen LogP) is 0.403. The van der Waals surface area contributed by atoms with Crippen LogP contribution in [0.4, 0.5) is 0 Å². The lowest BCUT2D eigenvalue weighted by molar-refractivity contribution is 0.196. The summed E-state index contributed by atoms with van der Waals surface area (Å²) in [5, 5.41) is 6.88. The van der Waals surface area contributed by atoms with Gasteiger partial charge < -0.3 is 19.8 Å². The first kappa shape index (κ1) is 13.8. The summed E-state index contributed by atoms with van der Waals surface area (Å²) in [5.41, 5.74) is -2.85. The van der Waals surface area contributed by atoms with Crippen LogP contribution in [0.1, 0.15) is 0 Å². The van der Waals surface area contributed by atoms with Crippen molar-refractivity contribution in [2.45, 2.75) is 10.6 Å². The summed E-state index contributed by atoms with van der Waals surface area (Å²) in [6.07, 6.45) is 0. The van der Waals surface area contributed by atoms with Crippen LogP contribution < -0.4 is 0 Å². The highest BCUT2D eigenvalue weighted by Crippen LogP contribution is 2.62. The van der Waals surface area contributed by atoms with Gasteiger partial charge in [-0.2, -0.15) is 0 Å². The van der Waals surface area contributed by atoms with Crippen molar-refractivity contribution >= 4 is 38.4 Å².